The summed E-state index contributed by atoms with van der Waals surface area (Å²) in [7, 11) is 0. The highest BCUT2D eigenvalue weighted by atomic mass is 16.5. The van der Waals surface area contributed by atoms with Crippen molar-refractivity contribution < 1.29 is 19.1 Å². The van der Waals surface area contributed by atoms with Crippen molar-refractivity contribution in [1.29, 1.82) is 0 Å². The number of nitrogens with one attached hydrogen (secondary N) is 1. The first-order valence-electron chi connectivity index (χ1n) is 12.7. The molecular formula is C29H28N4O4. The Morgan fingerprint density at radius 1 is 0.946 bits per heavy atom. The standard InChI is InChI=1S/C29H28N4O4/c34-27-11-10-25(28(35)31-27)33-17-23-22(29(33)36)4-1-5-26(23)37-18-20-8-6-19(7-9-20)15-32-14-12-24-21(16-32)3-2-13-30-24/h1-9,13,25H,10-12,14-18H2,(H,31,34,35). The van der Waals surface area contributed by atoms with Gasteiger partial charge in [-0.15, -0.1) is 0 Å². The first-order valence-corrected chi connectivity index (χ1v) is 12.7. The topological polar surface area (TPSA) is 91.8 Å². The number of pyridine rings is 1. The number of rotatable bonds is 6. The molecule has 188 valence electrons. The molecule has 0 spiro atoms. The fraction of sp³-hybridized carbons (Fsp3) is 0.310. The molecule has 3 aliphatic heterocycles. The van der Waals surface area contributed by atoms with E-state index in [9.17, 15) is 14.4 Å². The van der Waals surface area contributed by atoms with Crippen molar-refractivity contribution in [2.75, 3.05) is 6.54 Å². The van der Waals surface area contributed by atoms with Gasteiger partial charge in [-0.1, -0.05) is 36.4 Å². The highest BCUT2D eigenvalue weighted by Crippen LogP contribution is 2.34. The third-order valence-electron chi connectivity index (χ3n) is 7.41. The molecule has 1 aromatic heterocycles. The molecule has 8 nitrogen and oxygen atoms in total. The van der Waals surface area contributed by atoms with E-state index in [-0.39, 0.29) is 18.2 Å². The van der Waals surface area contributed by atoms with Crippen LogP contribution in [-0.4, -0.2) is 45.1 Å². The van der Waals surface area contributed by atoms with Gasteiger partial charge < -0.3 is 9.64 Å². The number of ether oxygens (including phenoxy) is 1. The summed E-state index contributed by atoms with van der Waals surface area (Å²) >= 11 is 0. The van der Waals surface area contributed by atoms with Crippen LogP contribution in [0.25, 0.3) is 0 Å². The van der Waals surface area contributed by atoms with Gasteiger partial charge in [-0.2, -0.15) is 0 Å². The Morgan fingerprint density at radius 3 is 2.62 bits per heavy atom. The van der Waals surface area contributed by atoms with Crippen molar-refractivity contribution in [3.05, 3.63) is 94.3 Å². The van der Waals surface area contributed by atoms with E-state index in [4.69, 9.17) is 4.74 Å². The lowest BCUT2D eigenvalue weighted by Gasteiger charge is -2.29. The van der Waals surface area contributed by atoms with E-state index in [1.54, 1.807) is 17.0 Å². The van der Waals surface area contributed by atoms with E-state index >= 15 is 0 Å². The van der Waals surface area contributed by atoms with E-state index < -0.39 is 11.9 Å². The van der Waals surface area contributed by atoms with Crippen molar-refractivity contribution in [3.8, 4) is 5.75 Å². The molecule has 0 radical (unpaired) electrons. The maximum absolute atomic E-state index is 13.0. The lowest BCUT2D eigenvalue weighted by Crippen LogP contribution is -2.52. The van der Waals surface area contributed by atoms with Crippen LogP contribution in [0.1, 0.15) is 51.1 Å². The quantitative estimate of drug-likeness (QED) is 0.528. The lowest BCUT2D eigenvalue weighted by molar-refractivity contribution is -0.136. The van der Waals surface area contributed by atoms with Crippen LogP contribution in [0, 0.1) is 0 Å². The van der Waals surface area contributed by atoms with Gasteiger partial charge in [0, 0.05) is 55.5 Å². The number of aromatic nitrogens is 1. The molecule has 1 saturated heterocycles. The first-order chi connectivity index (χ1) is 18.0. The molecule has 0 aliphatic carbocycles. The third-order valence-corrected chi connectivity index (χ3v) is 7.41. The Labute approximate surface area is 215 Å². The number of imide groups is 1. The van der Waals surface area contributed by atoms with Gasteiger partial charge in [0.05, 0.1) is 6.54 Å². The van der Waals surface area contributed by atoms with Crippen LogP contribution in [0.4, 0.5) is 0 Å². The van der Waals surface area contributed by atoms with Gasteiger partial charge in [0.15, 0.2) is 0 Å². The molecule has 3 aliphatic rings. The van der Waals surface area contributed by atoms with Crippen LogP contribution in [0.3, 0.4) is 0 Å². The maximum Gasteiger partial charge on any atom is 0.255 e. The summed E-state index contributed by atoms with van der Waals surface area (Å²) in [6.07, 6.45) is 3.42. The molecule has 0 saturated carbocycles. The molecule has 37 heavy (non-hydrogen) atoms. The van der Waals surface area contributed by atoms with Crippen LogP contribution in [0.5, 0.6) is 5.75 Å². The largest absolute Gasteiger partial charge is 0.489 e. The summed E-state index contributed by atoms with van der Waals surface area (Å²) < 4.78 is 6.14. The molecule has 4 heterocycles. The van der Waals surface area contributed by atoms with Crippen LogP contribution < -0.4 is 10.1 Å². The van der Waals surface area contributed by atoms with Gasteiger partial charge in [-0.25, -0.2) is 0 Å². The Bertz CT molecular complexity index is 1370. The number of amides is 3. The third kappa shape index (κ3) is 4.72. The van der Waals surface area contributed by atoms with E-state index in [1.807, 2.05) is 18.3 Å². The lowest BCUT2D eigenvalue weighted by atomic mass is 10.0. The fourth-order valence-corrected chi connectivity index (χ4v) is 5.41. The number of hydrogen-bond acceptors (Lipinski definition) is 6. The van der Waals surface area contributed by atoms with Crippen molar-refractivity contribution in [2.45, 2.75) is 51.5 Å². The molecule has 3 amide bonds. The average Bonchev–Trinajstić information content (AvgIpc) is 3.25. The van der Waals surface area contributed by atoms with Crippen molar-refractivity contribution in [3.63, 3.8) is 0 Å². The fourth-order valence-electron chi connectivity index (χ4n) is 5.41. The summed E-state index contributed by atoms with van der Waals surface area (Å²) in [5, 5.41) is 2.34. The zero-order chi connectivity index (χ0) is 25.4. The van der Waals surface area contributed by atoms with Gasteiger partial charge in [0.1, 0.15) is 18.4 Å². The second-order valence-electron chi connectivity index (χ2n) is 9.86. The average molecular weight is 497 g/mol. The van der Waals surface area contributed by atoms with Gasteiger partial charge >= 0.3 is 0 Å². The monoisotopic (exact) mass is 496 g/mol. The molecule has 1 N–H and O–H groups in total. The zero-order valence-electron chi connectivity index (χ0n) is 20.5. The molecule has 1 fully saturated rings. The van der Waals surface area contributed by atoms with E-state index in [0.29, 0.717) is 30.9 Å². The van der Waals surface area contributed by atoms with Gasteiger partial charge in [-0.05, 0) is 41.3 Å². The molecule has 6 rings (SSSR count). The predicted octanol–water partition coefficient (Wildman–Crippen LogP) is 2.98. The van der Waals surface area contributed by atoms with Gasteiger partial charge in [0.2, 0.25) is 11.8 Å². The number of piperidine rings is 1. The minimum Gasteiger partial charge on any atom is -0.489 e. The summed E-state index contributed by atoms with van der Waals surface area (Å²) in [6, 6.07) is 17.4. The van der Waals surface area contributed by atoms with E-state index in [0.717, 1.165) is 37.2 Å². The Morgan fingerprint density at radius 2 is 1.78 bits per heavy atom. The number of fused-ring (bicyclic) bond motifs is 2. The zero-order valence-corrected chi connectivity index (χ0v) is 20.5. The first kappa shape index (κ1) is 23.4. The number of carbonyl (C=O) groups excluding carboxylic acids is 3. The highest BCUT2D eigenvalue weighted by Gasteiger charge is 2.40. The highest BCUT2D eigenvalue weighted by molar-refractivity contribution is 6.05. The van der Waals surface area contributed by atoms with Crippen LogP contribution >= 0.6 is 0 Å². The smallest absolute Gasteiger partial charge is 0.255 e. The Hall–Kier alpha value is -4.04. The van der Waals surface area contributed by atoms with Crippen molar-refractivity contribution in [1.82, 2.24) is 20.1 Å². The molecule has 0 bridgehead atoms. The van der Waals surface area contributed by atoms with Gasteiger partial charge in [0.25, 0.3) is 5.91 Å². The SMILES string of the molecule is O=C1CCC(N2Cc3c(OCc4ccc(CN5CCc6ncccc6C5)cc4)cccc3C2=O)C(=O)N1. The van der Waals surface area contributed by atoms with Crippen LogP contribution in [0.15, 0.2) is 60.8 Å². The van der Waals surface area contributed by atoms with Gasteiger partial charge in [-0.3, -0.25) is 29.6 Å². The van der Waals surface area contributed by atoms with Crippen molar-refractivity contribution in [2.24, 2.45) is 0 Å². The summed E-state index contributed by atoms with van der Waals surface area (Å²) in [6.45, 7) is 3.49. The number of hydrogen-bond donors (Lipinski definition) is 1. The summed E-state index contributed by atoms with van der Waals surface area (Å²) in [5.41, 5.74) is 6.15. The summed E-state index contributed by atoms with van der Waals surface area (Å²) in [4.78, 5) is 45.3. The molecule has 2 aromatic carbocycles. The molecular weight excluding hydrogens is 468 g/mol. The minimum atomic E-state index is -0.636. The molecule has 1 atom stereocenters. The van der Waals surface area contributed by atoms with E-state index in [1.165, 1.54) is 16.8 Å². The predicted molar refractivity (Wildman–Crippen MR) is 135 cm³/mol. The van der Waals surface area contributed by atoms with E-state index in [2.05, 4.69) is 45.5 Å². The number of benzene rings is 2. The number of nitrogens with zero attached hydrogens (tertiary/aromatic N) is 3. The molecule has 1 unspecified atom stereocenters. The molecule has 8 heteroatoms. The second kappa shape index (κ2) is 9.78. The Balaban J connectivity index is 1.08. The maximum atomic E-state index is 13.0. The summed E-state index contributed by atoms with van der Waals surface area (Å²) in [5.74, 6) is -0.259. The van der Waals surface area contributed by atoms with Crippen molar-refractivity contribution >= 4 is 17.7 Å². The van der Waals surface area contributed by atoms with Crippen LogP contribution in [0.2, 0.25) is 0 Å². The molecule has 3 aromatic rings. The second-order valence-corrected chi connectivity index (χ2v) is 9.86. The number of carbonyl (C=O) groups is 3. The minimum absolute atomic E-state index is 0.199. The van der Waals surface area contributed by atoms with Crippen LogP contribution in [-0.2, 0) is 42.3 Å². The normalized spacial score (nSPS) is 19.4. The Kier molecular flexibility index (Phi) is 6.18.